The number of piperazine rings is 1. The van der Waals surface area contributed by atoms with Crippen LogP contribution in [0.3, 0.4) is 0 Å². The Kier molecular flexibility index (Phi) is 5.44. The number of likely N-dealkylation sites (N-methyl/N-ethyl adjacent to an activating group) is 1. The molecule has 2 amide bonds. The van der Waals surface area contributed by atoms with Crippen LogP contribution in [-0.4, -0.2) is 42.5 Å². The van der Waals surface area contributed by atoms with E-state index in [9.17, 15) is 4.79 Å². The molecule has 1 saturated heterocycles. The predicted octanol–water partition coefficient (Wildman–Crippen LogP) is 4.23. The molecule has 4 rings (SSSR count). The van der Waals surface area contributed by atoms with Crippen molar-refractivity contribution in [3.05, 3.63) is 71.8 Å². The third-order valence-corrected chi connectivity index (χ3v) is 6.09. The molecule has 2 atom stereocenters. The Morgan fingerprint density at radius 2 is 1.67 bits per heavy atom. The number of carbonyl (C=O) groups excluding carboxylic acids is 1. The van der Waals surface area contributed by atoms with Gasteiger partial charge in [-0.05, 0) is 36.9 Å². The largest absolute Gasteiger partial charge is 0.331 e. The Hall–Kier alpha value is -2.33. The third-order valence-electron chi connectivity index (χ3n) is 6.09. The fraction of sp³-hybridized carbons (Fsp3) is 0.435. The molecular weight excluding hydrogens is 334 g/mol. The Balaban J connectivity index is 1.54. The van der Waals surface area contributed by atoms with Crippen molar-refractivity contribution in [2.24, 2.45) is 5.92 Å². The van der Waals surface area contributed by atoms with E-state index in [1.807, 2.05) is 17.0 Å². The van der Waals surface area contributed by atoms with Gasteiger partial charge in [-0.2, -0.15) is 0 Å². The highest BCUT2D eigenvalue weighted by molar-refractivity contribution is 5.75. The van der Waals surface area contributed by atoms with Crippen LogP contribution in [0.4, 0.5) is 4.79 Å². The van der Waals surface area contributed by atoms with E-state index in [1.165, 1.54) is 30.4 Å². The van der Waals surface area contributed by atoms with Crippen LogP contribution in [-0.2, 0) is 0 Å². The number of hydrogen-bond acceptors (Lipinski definition) is 2. The van der Waals surface area contributed by atoms with E-state index in [1.54, 1.807) is 0 Å². The van der Waals surface area contributed by atoms with E-state index in [0.29, 0.717) is 5.92 Å². The summed E-state index contributed by atoms with van der Waals surface area (Å²) in [6, 6.07) is 21.1. The Morgan fingerprint density at radius 1 is 1.00 bits per heavy atom. The molecule has 0 aromatic heterocycles. The molecule has 1 aliphatic carbocycles. The second kappa shape index (κ2) is 8.13. The molecule has 2 unspecified atom stereocenters. The predicted molar refractivity (Wildman–Crippen MR) is 108 cm³/mol. The summed E-state index contributed by atoms with van der Waals surface area (Å²) in [5.41, 5.74) is 2.43. The maximum Gasteiger partial charge on any atom is 0.318 e. The second-order valence-electron chi connectivity index (χ2n) is 7.91. The van der Waals surface area contributed by atoms with Crippen molar-refractivity contribution >= 4 is 6.03 Å². The first-order chi connectivity index (χ1) is 13.2. The molecule has 2 aliphatic rings. The van der Waals surface area contributed by atoms with Crippen molar-refractivity contribution in [2.45, 2.75) is 31.3 Å². The maximum atomic E-state index is 13.3. The Labute approximate surface area is 162 Å². The lowest BCUT2D eigenvalue weighted by molar-refractivity contribution is 0.102. The van der Waals surface area contributed by atoms with E-state index in [2.05, 4.69) is 65.8 Å². The number of urea groups is 1. The minimum Gasteiger partial charge on any atom is -0.331 e. The van der Waals surface area contributed by atoms with Gasteiger partial charge in [0.15, 0.2) is 0 Å². The minimum absolute atomic E-state index is 0.0673. The molecule has 2 aromatic rings. The molecule has 0 spiro atoms. The third kappa shape index (κ3) is 4.01. The highest BCUT2D eigenvalue weighted by Gasteiger charge is 2.34. The fourth-order valence-corrected chi connectivity index (χ4v) is 4.25. The molecule has 4 heteroatoms. The van der Waals surface area contributed by atoms with Gasteiger partial charge in [-0.1, -0.05) is 67.1 Å². The fourth-order valence-electron chi connectivity index (χ4n) is 4.25. The van der Waals surface area contributed by atoms with E-state index in [0.717, 1.165) is 19.6 Å². The van der Waals surface area contributed by atoms with E-state index >= 15 is 0 Å². The molecule has 2 fully saturated rings. The number of nitrogens with one attached hydrogen (secondary N) is 1. The van der Waals surface area contributed by atoms with Crippen LogP contribution in [0.25, 0.3) is 0 Å². The normalized spacial score (nSPS) is 22.1. The van der Waals surface area contributed by atoms with Crippen molar-refractivity contribution in [3.63, 3.8) is 0 Å². The monoisotopic (exact) mass is 363 g/mol. The summed E-state index contributed by atoms with van der Waals surface area (Å²) in [4.78, 5) is 17.7. The first-order valence-corrected chi connectivity index (χ1v) is 10.1. The van der Waals surface area contributed by atoms with Crippen molar-refractivity contribution < 1.29 is 4.79 Å². The SMILES string of the molecule is CN1CCN(C(=O)NC(c2ccccc2)C2CCC2)C(c2ccccc2)C1. The summed E-state index contributed by atoms with van der Waals surface area (Å²) in [7, 11) is 2.13. The highest BCUT2D eigenvalue weighted by Crippen LogP contribution is 2.38. The van der Waals surface area contributed by atoms with Crippen molar-refractivity contribution in [3.8, 4) is 0 Å². The summed E-state index contributed by atoms with van der Waals surface area (Å²) >= 11 is 0. The molecule has 27 heavy (non-hydrogen) atoms. The molecule has 0 bridgehead atoms. The average Bonchev–Trinajstić information content (AvgIpc) is 2.67. The molecule has 1 N–H and O–H groups in total. The van der Waals surface area contributed by atoms with Crippen LogP contribution in [0.2, 0.25) is 0 Å². The number of nitrogens with zero attached hydrogens (tertiary/aromatic N) is 2. The Bertz CT molecular complexity index is 745. The van der Waals surface area contributed by atoms with Crippen LogP contribution in [0.15, 0.2) is 60.7 Å². The topological polar surface area (TPSA) is 35.6 Å². The lowest BCUT2D eigenvalue weighted by atomic mass is 9.77. The summed E-state index contributed by atoms with van der Waals surface area (Å²) < 4.78 is 0. The molecule has 4 nitrogen and oxygen atoms in total. The van der Waals surface area contributed by atoms with Gasteiger partial charge in [0.25, 0.3) is 0 Å². The van der Waals surface area contributed by atoms with Gasteiger partial charge in [0.05, 0.1) is 12.1 Å². The van der Waals surface area contributed by atoms with Gasteiger partial charge >= 0.3 is 6.03 Å². The standard InChI is InChI=1S/C23H29N3O/c1-25-15-16-26(21(17-25)18-9-4-2-5-10-18)23(27)24-22(20-13-8-14-20)19-11-6-3-7-12-19/h2-7,9-12,20-22H,8,13-17H2,1H3,(H,24,27). The molecule has 2 aromatic carbocycles. The minimum atomic E-state index is 0.0673. The zero-order valence-electron chi connectivity index (χ0n) is 16.1. The molecule has 0 radical (unpaired) electrons. The highest BCUT2D eigenvalue weighted by atomic mass is 16.2. The van der Waals surface area contributed by atoms with Crippen molar-refractivity contribution in [2.75, 3.05) is 26.7 Å². The van der Waals surface area contributed by atoms with Crippen LogP contribution in [0.5, 0.6) is 0 Å². The number of benzene rings is 2. The van der Waals surface area contributed by atoms with Gasteiger partial charge in [0, 0.05) is 19.6 Å². The number of rotatable bonds is 4. The van der Waals surface area contributed by atoms with Crippen LogP contribution >= 0.6 is 0 Å². The number of hydrogen-bond donors (Lipinski definition) is 1. The van der Waals surface area contributed by atoms with Gasteiger partial charge < -0.3 is 15.1 Å². The first-order valence-electron chi connectivity index (χ1n) is 10.1. The lowest BCUT2D eigenvalue weighted by Gasteiger charge is -2.42. The Morgan fingerprint density at radius 3 is 2.30 bits per heavy atom. The summed E-state index contributed by atoms with van der Waals surface area (Å²) in [5.74, 6) is 0.555. The smallest absolute Gasteiger partial charge is 0.318 e. The zero-order chi connectivity index (χ0) is 18.6. The van der Waals surface area contributed by atoms with Gasteiger partial charge in [0.1, 0.15) is 0 Å². The second-order valence-corrected chi connectivity index (χ2v) is 7.91. The van der Waals surface area contributed by atoms with Gasteiger partial charge in [-0.25, -0.2) is 4.79 Å². The number of amides is 2. The molecule has 1 heterocycles. The molecular formula is C23H29N3O. The first kappa shape index (κ1) is 18.1. The summed E-state index contributed by atoms with van der Waals surface area (Å²) in [5, 5.41) is 3.39. The summed E-state index contributed by atoms with van der Waals surface area (Å²) in [6.45, 7) is 2.54. The molecule has 1 aliphatic heterocycles. The van der Waals surface area contributed by atoms with E-state index in [4.69, 9.17) is 0 Å². The average molecular weight is 364 g/mol. The molecule has 1 saturated carbocycles. The van der Waals surface area contributed by atoms with Gasteiger partial charge in [-0.3, -0.25) is 0 Å². The lowest BCUT2D eigenvalue weighted by Crippen LogP contribution is -2.53. The summed E-state index contributed by atoms with van der Waals surface area (Å²) in [6.07, 6.45) is 3.67. The molecule has 142 valence electrons. The van der Waals surface area contributed by atoms with E-state index < -0.39 is 0 Å². The number of carbonyl (C=O) groups is 1. The van der Waals surface area contributed by atoms with Gasteiger partial charge in [0.2, 0.25) is 0 Å². The van der Waals surface area contributed by atoms with Crippen LogP contribution in [0, 0.1) is 5.92 Å². The van der Waals surface area contributed by atoms with Crippen molar-refractivity contribution in [1.82, 2.24) is 15.1 Å². The van der Waals surface area contributed by atoms with Gasteiger partial charge in [-0.15, -0.1) is 0 Å². The quantitative estimate of drug-likeness (QED) is 0.882. The van der Waals surface area contributed by atoms with E-state index in [-0.39, 0.29) is 18.1 Å². The van der Waals surface area contributed by atoms with Crippen molar-refractivity contribution in [1.29, 1.82) is 0 Å². The van der Waals surface area contributed by atoms with Crippen LogP contribution in [0.1, 0.15) is 42.5 Å². The van der Waals surface area contributed by atoms with Crippen LogP contribution < -0.4 is 5.32 Å². The zero-order valence-corrected chi connectivity index (χ0v) is 16.1. The maximum absolute atomic E-state index is 13.3.